The summed E-state index contributed by atoms with van der Waals surface area (Å²) in [5, 5.41) is 3.35. The summed E-state index contributed by atoms with van der Waals surface area (Å²) in [6.45, 7) is 9.04. The minimum Gasteiger partial charge on any atom is -0.496 e. The van der Waals surface area contributed by atoms with Crippen LogP contribution in [0.2, 0.25) is 0 Å². The summed E-state index contributed by atoms with van der Waals surface area (Å²) in [4.78, 5) is 4.94. The maximum Gasteiger partial charge on any atom is 0.573 e. The molecule has 1 saturated carbocycles. The molecule has 0 bridgehead atoms. The summed E-state index contributed by atoms with van der Waals surface area (Å²) in [5.41, 5.74) is 3.82. The quantitative estimate of drug-likeness (QED) is 0.365. The number of hydrogen-bond acceptors (Lipinski definition) is 4. The van der Waals surface area contributed by atoms with Crippen molar-refractivity contribution >= 4 is 22.7 Å². The van der Waals surface area contributed by atoms with Crippen LogP contribution in [0.1, 0.15) is 65.0 Å². The third kappa shape index (κ3) is 5.85. The third-order valence-electron chi connectivity index (χ3n) is 6.68. The number of hydrogen-bond donors (Lipinski definition) is 1. The Hall–Kier alpha value is -2.90. The molecule has 3 aromatic rings. The van der Waals surface area contributed by atoms with Crippen molar-refractivity contribution < 1.29 is 22.6 Å². The van der Waals surface area contributed by atoms with Gasteiger partial charge >= 0.3 is 6.36 Å². The molecule has 1 heterocycles. The van der Waals surface area contributed by atoms with Crippen LogP contribution in [0.3, 0.4) is 0 Å². The Bertz CT molecular complexity index is 1170. The van der Waals surface area contributed by atoms with Gasteiger partial charge in [-0.25, -0.2) is 4.98 Å². The van der Waals surface area contributed by atoms with Crippen LogP contribution >= 0.6 is 0 Å². The van der Waals surface area contributed by atoms with Crippen molar-refractivity contribution in [3.63, 3.8) is 0 Å². The molecule has 0 saturated heterocycles. The van der Waals surface area contributed by atoms with Crippen molar-refractivity contribution in [1.29, 1.82) is 0 Å². The number of alkyl halides is 3. The predicted molar refractivity (Wildman–Crippen MR) is 133 cm³/mol. The molecular weight excluding hydrogens is 455 g/mol. The first-order valence-corrected chi connectivity index (χ1v) is 12.2. The average molecular weight is 490 g/mol. The number of rotatable bonds is 7. The van der Waals surface area contributed by atoms with Crippen molar-refractivity contribution in [3.05, 3.63) is 42.0 Å². The first-order chi connectivity index (χ1) is 16.5. The van der Waals surface area contributed by atoms with Crippen LogP contribution in [-0.2, 0) is 6.42 Å². The molecule has 1 aliphatic rings. The average Bonchev–Trinajstić information content (AvgIpc) is 3.09. The molecule has 4 rings (SSSR count). The zero-order valence-electron chi connectivity index (χ0n) is 21.0. The Morgan fingerprint density at radius 2 is 1.86 bits per heavy atom. The molecule has 5 nitrogen and oxygen atoms in total. The Labute approximate surface area is 204 Å². The van der Waals surface area contributed by atoms with E-state index in [9.17, 15) is 13.2 Å². The van der Waals surface area contributed by atoms with Gasteiger partial charge in [0.05, 0.1) is 18.1 Å². The standard InChI is InChI=1S/C27H34F3N3O2/c1-6-7-18-13-22-23(14-24(18)34-5)33(20-12-17(2)15-26(3,4)16-20)25(32-22)31-19-8-10-21(11-9-19)35-27(28,29)30/h8-11,13-14,17,20H,6-7,12,15-16H2,1-5H3,(H,31,32)/t17-,20+/m1/s1. The maximum atomic E-state index is 12.5. The van der Waals surface area contributed by atoms with E-state index >= 15 is 0 Å². The van der Waals surface area contributed by atoms with Gasteiger partial charge in [-0.05, 0) is 72.9 Å². The van der Waals surface area contributed by atoms with Gasteiger partial charge in [0.15, 0.2) is 0 Å². The fourth-order valence-corrected chi connectivity index (χ4v) is 5.64. The van der Waals surface area contributed by atoms with E-state index in [4.69, 9.17) is 9.72 Å². The molecule has 0 aliphatic heterocycles. The van der Waals surface area contributed by atoms with Gasteiger partial charge in [0, 0.05) is 17.8 Å². The van der Waals surface area contributed by atoms with Gasteiger partial charge in [0.2, 0.25) is 5.95 Å². The molecule has 0 unspecified atom stereocenters. The second-order valence-electron chi connectivity index (χ2n) is 10.5. The van der Waals surface area contributed by atoms with Gasteiger partial charge in [-0.3, -0.25) is 0 Å². The first kappa shape index (κ1) is 25.2. The summed E-state index contributed by atoms with van der Waals surface area (Å²) >= 11 is 0. The van der Waals surface area contributed by atoms with Gasteiger partial charge < -0.3 is 19.4 Å². The second-order valence-corrected chi connectivity index (χ2v) is 10.5. The van der Waals surface area contributed by atoms with Crippen molar-refractivity contribution in [2.75, 3.05) is 12.4 Å². The highest BCUT2D eigenvalue weighted by molar-refractivity contribution is 5.83. The van der Waals surface area contributed by atoms with Crippen molar-refractivity contribution in [1.82, 2.24) is 9.55 Å². The minimum atomic E-state index is -4.72. The van der Waals surface area contributed by atoms with E-state index in [1.165, 1.54) is 18.6 Å². The number of fused-ring (bicyclic) bond motifs is 1. The highest BCUT2D eigenvalue weighted by atomic mass is 19.4. The van der Waals surface area contributed by atoms with Gasteiger partial charge in [0.25, 0.3) is 0 Å². The largest absolute Gasteiger partial charge is 0.573 e. The van der Waals surface area contributed by atoms with E-state index in [0.717, 1.165) is 48.0 Å². The number of halogens is 3. The topological polar surface area (TPSA) is 48.3 Å². The van der Waals surface area contributed by atoms with E-state index in [0.29, 0.717) is 17.6 Å². The number of aryl methyl sites for hydroxylation is 1. The number of ether oxygens (including phenoxy) is 2. The molecule has 35 heavy (non-hydrogen) atoms. The fourth-order valence-electron chi connectivity index (χ4n) is 5.64. The van der Waals surface area contributed by atoms with Crippen LogP contribution in [0.25, 0.3) is 11.0 Å². The fraction of sp³-hybridized carbons (Fsp3) is 0.519. The van der Waals surface area contributed by atoms with Crippen LogP contribution in [0.5, 0.6) is 11.5 Å². The SMILES string of the molecule is CCCc1cc2nc(Nc3ccc(OC(F)(F)F)cc3)n([C@H]3C[C@@H](C)CC(C)(C)C3)c2cc1OC. The Balaban J connectivity index is 1.77. The van der Waals surface area contributed by atoms with Gasteiger partial charge in [-0.15, -0.1) is 13.2 Å². The molecule has 0 amide bonds. The number of anilines is 2. The molecule has 2 aromatic carbocycles. The molecule has 2 atom stereocenters. The molecule has 1 N–H and O–H groups in total. The molecule has 0 radical (unpaired) electrons. The third-order valence-corrected chi connectivity index (χ3v) is 6.68. The number of methoxy groups -OCH3 is 1. The molecule has 190 valence electrons. The van der Waals surface area contributed by atoms with Crippen molar-refractivity contribution in [2.45, 2.75) is 72.2 Å². The number of nitrogens with zero attached hydrogens (tertiary/aromatic N) is 2. The molecule has 1 aliphatic carbocycles. The highest BCUT2D eigenvalue weighted by Crippen LogP contribution is 2.46. The number of aromatic nitrogens is 2. The zero-order valence-corrected chi connectivity index (χ0v) is 21.0. The summed E-state index contributed by atoms with van der Waals surface area (Å²) in [7, 11) is 1.69. The van der Waals surface area contributed by atoms with Gasteiger partial charge in [0.1, 0.15) is 11.5 Å². The Morgan fingerprint density at radius 3 is 2.46 bits per heavy atom. The van der Waals surface area contributed by atoms with E-state index in [1.807, 2.05) is 0 Å². The number of benzene rings is 2. The predicted octanol–water partition coefficient (Wildman–Crippen LogP) is 8.03. The summed E-state index contributed by atoms with van der Waals surface area (Å²) in [6.07, 6.45) is 0.374. The van der Waals surface area contributed by atoms with Gasteiger partial charge in [-0.2, -0.15) is 0 Å². The molecule has 8 heteroatoms. The lowest BCUT2D eigenvalue weighted by Gasteiger charge is -2.40. The zero-order chi connectivity index (χ0) is 25.4. The molecule has 1 fully saturated rings. The summed E-state index contributed by atoms with van der Waals surface area (Å²) in [6, 6.07) is 10.1. The number of nitrogens with one attached hydrogen (secondary N) is 1. The second kappa shape index (κ2) is 9.63. The normalized spacial score (nSPS) is 20.1. The lowest BCUT2D eigenvalue weighted by Crippen LogP contribution is -2.29. The monoisotopic (exact) mass is 489 g/mol. The number of imidazole rings is 1. The summed E-state index contributed by atoms with van der Waals surface area (Å²) in [5.74, 6) is 1.83. The summed E-state index contributed by atoms with van der Waals surface area (Å²) < 4.78 is 49.6. The van der Waals surface area contributed by atoms with Crippen LogP contribution in [0.4, 0.5) is 24.8 Å². The van der Waals surface area contributed by atoms with Crippen molar-refractivity contribution in [3.8, 4) is 11.5 Å². The molecule has 0 spiro atoms. The van der Waals surface area contributed by atoms with Crippen LogP contribution in [0, 0.1) is 11.3 Å². The van der Waals surface area contributed by atoms with E-state index in [-0.39, 0.29) is 17.2 Å². The van der Waals surface area contributed by atoms with E-state index in [2.05, 4.69) is 54.4 Å². The van der Waals surface area contributed by atoms with Gasteiger partial charge in [-0.1, -0.05) is 34.1 Å². The first-order valence-electron chi connectivity index (χ1n) is 12.2. The van der Waals surface area contributed by atoms with E-state index in [1.54, 1.807) is 19.2 Å². The van der Waals surface area contributed by atoms with Crippen LogP contribution < -0.4 is 14.8 Å². The molecule has 1 aromatic heterocycles. The van der Waals surface area contributed by atoms with E-state index < -0.39 is 6.36 Å². The Kier molecular flexibility index (Phi) is 6.93. The molecular formula is C27H34F3N3O2. The smallest absolute Gasteiger partial charge is 0.496 e. The highest BCUT2D eigenvalue weighted by Gasteiger charge is 2.35. The van der Waals surface area contributed by atoms with Crippen molar-refractivity contribution in [2.24, 2.45) is 11.3 Å². The van der Waals surface area contributed by atoms with Crippen LogP contribution in [-0.4, -0.2) is 23.0 Å². The van der Waals surface area contributed by atoms with Crippen LogP contribution in [0.15, 0.2) is 36.4 Å². The Morgan fingerprint density at radius 1 is 1.14 bits per heavy atom. The maximum absolute atomic E-state index is 12.5. The lowest BCUT2D eigenvalue weighted by atomic mass is 9.70. The minimum absolute atomic E-state index is 0.193. The lowest BCUT2D eigenvalue weighted by molar-refractivity contribution is -0.274.